The number of aliphatic imine (C=N–C) groups is 1. The van der Waals surface area contributed by atoms with Crippen molar-refractivity contribution in [1.29, 1.82) is 0 Å². The number of aryl methyl sites for hydroxylation is 1. The smallest absolute Gasteiger partial charge is 0.408 e. The number of nitrogens with zero attached hydrogens (tertiary/aromatic N) is 1. The molecule has 7 heteroatoms. The molecule has 0 aromatic heterocycles. The van der Waals surface area contributed by atoms with Gasteiger partial charge in [-0.2, -0.15) is 0 Å². The number of amides is 1. The number of nitrogens with two attached hydrogens (primary N) is 1. The number of hydrogen-bond donors (Lipinski definition) is 3. The largest absolute Gasteiger partial charge is 0.444 e. The van der Waals surface area contributed by atoms with Crippen LogP contribution in [0.15, 0.2) is 29.3 Å². The molecule has 6 nitrogen and oxygen atoms in total. The van der Waals surface area contributed by atoms with Crippen LogP contribution in [-0.2, 0) is 4.74 Å². The van der Waals surface area contributed by atoms with Crippen LogP contribution in [0.25, 0.3) is 0 Å². The summed E-state index contributed by atoms with van der Waals surface area (Å²) in [5.74, 6) is 0.301. The minimum absolute atomic E-state index is 0. The van der Waals surface area contributed by atoms with Gasteiger partial charge in [-0.15, -0.1) is 24.0 Å². The van der Waals surface area contributed by atoms with E-state index in [1.165, 1.54) is 0 Å². The van der Waals surface area contributed by atoms with Crippen molar-refractivity contribution in [1.82, 2.24) is 5.32 Å². The summed E-state index contributed by atoms with van der Waals surface area (Å²) in [5.41, 5.74) is 6.80. The van der Waals surface area contributed by atoms with E-state index >= 15 is 0 Å². The Labute approximate surface area is 161 Å². The lowest BCUT2D eigenvalue weighted by Gasteiger charge is -2.27. The van der Waals surface area contributed by atoms with Crippen LogP contribution in [0.2, 0.25) is 0 Å². The highest BCUT2D eigenvalue weighted by atomic mass is 127. The maximum absolute atomic E-state index is 11.8. The second-order valence-corrected chi connectivity index (χ2v) is 7.21. The fourth-order valence-corrected chi connectivity index (χ4v) is 1.81. The van der Waals surface area contributed by atoms with Crippen molar-refractivity contribution in [3.63, 3.8) is 0 Å². The lowest BCUT2D eigenvalue weighted by Crippen LogP contribution is -2.48. The van der Waals surface area contributed by atoms with E-state index in [2.05, 4.69) is 15.6 Å². The van der Waals surface area contributed by atoms with Gasteiger partial charge in [0.25, 0.3) is 0 Å². The van der Waals surface area contributed by atoms with Gasteiger partial charge in [-0.3, -0.25) is 4.99 Å². The summed E-state index contributed by atoms with van der Waals surface area (Å²) in [4.78, 5) is 16.1. The molecule has 0 radical (unpaired) electrons. The van der Waals surface area contributed by atoms with Gasteiger partial charge < -0.3 is 21.1 Å². The number of carbonyl (C=O) groups excluding carboxylic acids is 1. The van der Waals surface area contributed by atoms with E-state index in [1.54, 1.807) is 0 Å². The second kappa shape index (κ2) is 9.10. The van der Waals surface area contributed by atoms with E-state index in [-0.39, 0.29) is 24.0 Å². The van der Waals surface area contributed by atoms with Crippen LogP contribution < -0.4 is 16.4 Å². The van der Waals surface area contributed by atoms with Gasteiger partial charge in [0.1, 0.15) is 5.60 Å². The molecule has 0 aliphatic heterocycles. The van der Waals surface area contributed by atoms with Crippen LogP contribution in [0.5, 0.6) is 0 Å². The monoisotopic (exact) mass is 448 g/mol. The van der Waals surface area contributed by atoms with Crippen LogP contribution >= 0.6 is 24.0 Å². The van der Waals surface area contributed by atoms with Crippen LogP contribution in [0.3, 0.4) is 0 Å². The van der Waals surface area contributed by atoms with E-state index in [9.17, 15) is 4.79 Å². The van der Waals surface area contributed by atoms with Crippen molar-refractivity contribution >= 4 is 41.7 Å². The fraction of sp³-hybridized carbons (Fsp3) is 0.529. The lowest BCUT2D eigenvalue weighted by atomic mass is 10.1. The molecule has 0 spiro atoms. The highest BCUT2D eigenvalue weighted by Crippen LogP contribution is 2.11. The Balaban J connectivity index is 0.00000529. The number of halogens is 1. The molecule has 136 valence electrons. The average Bonchev–Trinajstić information content (AvgIpc) is 2.33. The first-order chi connectivity index (χ1) is 10.5. The number of hydrogen-bond acceptors (Lipinski definition) is 3. The number of carbonyl (C=O) groups is 1. The third-order valence-electron chi connectivity index (χ3n) is 2.77. The summed E-state index contributed by atoms with van der Waals surface area (Å²) in [6, 6.07) is 7.84. The quantitative estimate of drug-likeness (QED) is 0.373. The minimum Gasteiger partial charge on any atom is -0.444 e. The highest BCUT2D eigenvalue weighted by Gasteiger charge is 2.24. The molecule has 1 aromatic rings. The maximum Gasteiger partial charge on any atom is 0.408 e. The average molecular weight is 448 g/mol. The van der Waals surface area contributed by atoms with Gasteiger partial charge in [-0.1, -0.05) is 12.1 Å². The Morgan fingerprint density at radius 3 is 2.42 bits per heavy atom. The van der Waals surface area contributed by atoms with Crippen molar-refractivity contribution in [2.45, 2.75) is 52.7 Å². The molecule has 4 N–H and O–H groups in total. The SMILES string of the molecule is Cc1cccc(NC(N)=NCC(C)(C)NC(=O)OC(C)(C)C)c1.I. The van der Waals surface area contributed by atoms with Gasteiger partial charge in [0.2, 0.25) is 0 Å². The number of guanidine groups is 1. The predicted molar refractivity (Wildman–Crippen MR) is 110 cm³/mol. The Kier molecular flexibility index (Phi) is 8.53. The first-order valence-corrected chi connectivity index (χ1v) is 7.62. The van der Waals surface area contributed by atoms with Gasteiger partial charge >= 0.3 is 6.09 Å². The Morgan fingerprint density at radius 1 is 1.25 bits per heavy atom. The molecule has 0 aliphatic rings. The van der Waals surface area contributed by atoms with Crippen molar-refractivity contribution < 1.29 is 9.53 Å². The van der Waals surface area contributed by atoms with Crippen molar-refractivity contribution in [3.05, 3.63) is 29.8 Å². The minimum atomic E-state index is -0.568. The molecule has 0 fully saturated rings. The molecule has 0 atom stereocenters. The zero-order valence-electron chi connectivity index (χ0n) is 15.3. The van der Waals surface area contributed by atoms with Crippen molar-refractivity contribution in [2.24, 2.45) is 10.7 Å². The molecule has 0 unspecified atom stereocenters. The van der Waals surface area contributed by atoms with Crippen LogP contribution in [0.4, 0.5) is 10.5 Å². The maximum atomic E-state index is 11.8. The third kappa shape index (κ3) is 9.59. The number of rotatable bonds is 4. The van der Waals surface area contributed by atoms with E-state index in [0.717, 1.165) is 11.3 Å². The van der Waals surface area contributed by atoms with Gasteiger partial charge in [0, 0.05) is 5.69 Å². The fourth-order valence-electron chi connectivity index (χ4n) is 1.81. The summed E-state index contributed by atoms with van der Waals surface area (Å²) in [5, 5.41) is 5.82. The van der Waals surface area contributed by atoms with Gasteiger partial charge in [-0.25, -0.2) is 4.79 Å². The van der Waals surface area contributed by atoms with Crippen LogP contribution in [0.1, 0.15) is 40.2 Å². The molecule has 0 bridgehead atoms. The van der Waals surface area contributed by atoms with E-state index < -0.39 is 17.2 Å². The van der Waals surface area contributed by atoms with Crippen molar-refractivity contribution in [2.75, 3.05) is 11.9 Å². The Morgan fingerprint density at radius 2 is 1.88 bits per heavy atom. The molecular weight excluding hydrogens is 419 g/mol. The summed E-state index contributed by atoms with van der Waals surface area (Å²) < 4.78 is 5.24. The Bertz CT molecular complexity index is 580. The summed E-state index contributed by atoms with van der Waals surface area (Å²) in [6.07, 6.45) is -0.470. The first kappa shape index (κ1) is 22.5. The van der Waals surface area contributed by atoms with E-state index in [1.807, 2.05) is 65.8 Å². The molecular formula is C17H29IN4O2. The van der Waals surface area contributed by atoms with Gasteiger partial charge in [0.15, 0.2) is 5.96 Å². The molecule has 24 heavy (non-hydrogen) atoms. The molecule has 0 heterocycles. The van der Waals surface area contributed by atoms with E-state index in [0.29, 0.717) is 12.5 Å². The molecule has 0 saturated carbocycles. The zero-order chi connectivity index (χ0) is 17.7. The number of anilines is 1. The molecule has 1 rings (SSSR count). The molecule has 1 aromatic carbocycles. The van der Waals surface area contributed by atoms with Crippen molar-refractivity contribution in [3.8, 4) is 0 Å². The molecule has 0 aliphatic carbocycles. The lowest BCUT2D eigenvalue weighted by molar-refractivity contribution is 0.0476. The topological polar surface area (TPSA) is 88.7 Å². The summed E-state index contributed by atoms with van der Waals surface area (Å²) in [7, 11) is 0. The molecule has 0 saturated heterocycles. The normalized spacial score (nSPS) is 12.2. The first-order valence-electron chi connectivity index (χ1n) is 7.62. The summed E-state index contributed by atoms with van der Waals surface area (Å²) >= 11 is 0. The number of nitrogens with one attached hydrogen (secondary N) is 2. The third-order valence-corrected chi connectivity index (χ3v) is 2.77. The van der Waals surface area contributed by atoms with Gasteiger partial charge in [-0.05, 0) is 59.2 Å². The Hall–Kier alpha value is -1.51. The zero-order valence-corrected chi connectivity index (χ0v) is 17.6. The number of ether oxygens (including phenoxy) is 1. The molecule has 1 amide bonds. The second-order valence-electron chi connectivity index (χ2n) is 7.21. The van der Waals surface area contributed by atoms with Crippen LogP contribution in [0, 0.1) is 6.92 Å². The number of alkyl carbamates (subject to hydrolysis) is 1. The standard InChI is InChI=1S/C17H28N4O2.HI/c1-12-8-7-9-13(10-12)20-14(18)19-11-17(5,6)21-15(22)23-16(2,3)4;/h7-10H,11H2,1-6H3,(H,21,22)(H3,18,19,20);1H. The predicted octanol–water partition coefficient (Wildman–Crippen LogP) is 3.64. The highest BCUT2D eigenvalue weighted by molar-refractivity contribution is 14.0. The van der Waals surface area contributed by atoms with Gasteiger partial charge in [0.05, 0.1) is 12.1 Å². The summed E-state index contributed by atoms with van der Waals surface area (Å²) in [6.45, 7) is 11.5. The number of benzene rings is 1. The van der Waals surface area contributed by atoms with E-state index in [4.69, 9.17) is 10.5 Å². The van der Waals surface area contributed by atoms with Crippen LogP contribution in [-0.4, -0.2) is 29.7 Å².